The second-order valence-corrected chi connectivity index (χ2v) is 6.42. The highest BCUT2D eigenvalue weighted by molar-refractivity contribution is 7.98. The number of hydrogen-bond donors (Lipinski definition) is 3. The number of hydrogen-bond acceptors (Lipinski definition) is 5. The van der Waals surface area contributed by atoms with Crippen molar-refractivity contribution in [3.05, 3.63) is 28.2 Å². The van der Waals surface area contributed by atoms with E-state index in [1.165, 1.54) is 0 Å². The molecular weight excluding hydrogens is 383 g/mol. The Kier molecular flexibility index (Phi) is 11.9. The van der Waals surface area contributed by atoms with Gasteiger partial charge in [-0.2, -0.15) is 11.8 Å². The lowest BCUT2D eigenvalue weighted by atomic mass is 10.2. The van der Waals surface area contributed by atoms with E-state index in [1.807, 2.05) is 6.26 Å². The predicted molar refractivity (Wildman–Crippen MR) is 99.2 cm³/mol. The number of rotatable bonds is 9. The third-order valence-corrected chi connectivity index (χ3v) is 4.27. The highest BCUT2D eigenvalue weighted by Crippen LogP contribution is 2.31. The van der Waals surface area contributed by atoms with Gasteiger partial charge in [0.2, 0.25) is 5.91 Å². The van der Waals surface area contributed by atoms with Crippen molar-refractivity contribution in [1.29, 1.82) is 0 Å². The average molecular weight is 404 g/mol. The molecule has 0 aliphatic heterocycles. The van der Waals surface area contributed by atoms with Crippen molar-refractivity contribution in [2.45, 2.75) is 18.6 Å². The van der Waals surface area contributed by atoms with Crippen LogP contribution in [-0.2, 0) is 4.79 Å². The molecule has 23 heavy (non-hydrogen) atoms. The van der Waals surface area contributed by atoms with Crippen molar-refractivity contribution in [1.82, 2.24) is 5.32 Å². The molecule has 1 rings (SSSR count). The van der Waals surface area contributed by atoms with Crippen LogP contribution in [-0.4, -0.2) is 48.3 Å². The molecule has 5 nitrogen and oxygen atoms in total. The molecule has 1 aromatic carbocycles. The van der Waals surface area contributed by atoms with E-state index < -0.39 is 12.1 Å². The van der Waals surface area contributed by atoms with Crippen molar-refractivity contribution < 1.29 is 14.6 Å². The van der Waals surface area contributed by atoms with Crippen LogP contribution in [0.15, 0.2) is 18.2 Å². The van der Waals surface area contributed by atoms with Gasteiger partial charge in [0.1, 0.15) is 23.5 Å². The van der Waals surface area contributed by atoms with Gasteiger partial charge in [-0.1, -0.05) is 29.3 Å². The summed E-state index contributed by atoms with van der Waals surface area (Å²) in [6, 6.07) is 4.42. The third kappa shape index (κ3) is 8.33. The molecule has 0 fully saturated rings. The van der Waals surface area contributed by atoms with E-state index >= 15 is 0 Å². The van der Waals surface area contributed by atoms with Crippen molar-refractivity contribution in [3.63, 3.8) is 0 Å². The maximum atomic E-state index is 11.7. The van der Waals surface area contributed by atoms with Crippen molar-refractivity contribution in [2.75, 3.05) is 25.2 Å². The van der Waals surface area contributed by atoms with Gasteiger partial charge in [-0.15, -0.1) is 12.4 Å². The van der Waals surface area contributed by atoms with E-state index in [-0.39, 0.29) is 31.5 Å². The molecule has 0 saturated heterocycles. The summed E-state index contributed by atoms with van der Waals surface area (Å²) in [6.45, 7) is 0.0460. The van der Waals surface area contributed by atoms with Crippen molar-refractivity contribution in [3.8, 4) is 5.75 Å². The number of benzene rings is 1. The number of halogens is 3. The summed E-state index contributed by atoms with van der Waals surface area (Å²) in [7, 11) is 0. The highest BCUT2D eigenvalue weighted by Gasteiger charge is 2.15. The first-order valence-corrected chi connectivity index (χ1v) is 8.87. The standard InChI is InChI=1S/C14H20Cl2N2O3S.ClH/c1-22-6-5-11(17)14(20)18-7-9(19)8-21-12-4-2-3-10(15)13(12)16;/h2-4,9,11,19H,5-8,17H2,1H3,(H,18,20);1H/t9?,11-;/m0./s1. The van der Waals surface area contributed by atoms with Crippen LogP contribution in [0.3, 0.4) is 0 Å². The summed E-state index contributed by atoms with van der Waals surface area (Å²) < 4.78 is 5.38. The number of carbonyl (C=O) groups is 1. The van der Waals surface area contributed by atoms with Crippen LogP contribution >= 0.6 is 47.4 Å². The van der Waals surface area contributed by atoms with Crippen LogP contribution in [0.1, 0.15) is 6.42 Å². The lowest BCUT2D eigenvalue weighted by molar-refractivity contribution is -0.122. The molecule has 0 aliphatic rings. The van der Waals surface area contributed by atoms with Crippen LogP contribution in [0.4, 0.5) is 0 Å². The molecule has 132 valence electrons. The summed E-state index contributed by atoms with van der Waals surface area (Å²) in [5.74, 6) is 0.915. The van der Waals surface area contributed by atoms with E-state index in [9.17, 15) is 9.90 Å². The van der Waals surface area contributed by atoms with E-state index in [2.05, 4.69) is 5.32 Å². The third-order valence-electron chi connectivity index (χ3n) is 2.83. The van der Waals surface area contributed by atoms with Crippen LogP contribution in [0, 0.1) is 0 Å². The van der Waals surface area contributed by atoms with Gasteiger partial charge >= 0.3 is 0 Å². The van der Waals surface area contributed by atoms with Crippen LogP contribution < -0.4 is 15.8 Å². The van der Waals surface area contributed by atoms with Gasteiger partial charge in [0, 0.05) is 6.54 Å². The average Bonchev–Trinajstić information content (AvgIpc) is 2.51. The Hall–Kier alpha value is -0.370. The molecule has 9 heteroatoms. The minimum Gasteiger partial charge on any atom is -0.489 e. The van der Waals surface area contributed by atoms with E-state index in [4.69, 9.17) is 33.7 Å². The Morgan fingerprint density at radius 1 is 1.48 bits per heavy atom. The molecule has 0 aliphatic carbocycles. The second kappa shape index (κ2) is 12.1. The second-order valence-electron chi connectivity index (χ2n) is 4.65. The summed E-state index contributed by atoms with van der Waals surface area (Å²) in [5, 5.41) is 13.1. The zero-order chi connectivity index (χ0) is 16.5. The fourth-order valence-corrected chi connectivity index (χ4v) is 2.40. The first-order chi connectivity index (χ1) is 10.5. The molecule has 0 saturated carbocycles. The lowest BCUT2D eigenvalue weighted by Crippen LogP contribution is -2.44. The lowest BCUT2D eigenvalue weighted by Gasteiger charge is -2.16. The minimum absolute atomic E-state index is 0. The summed E-state index contributed by atoms with van der Waals surface area (Å²) >= 11 is 13.5. The number of aliphatic hydroxyl groups is 1. The molecule has 1 unspecified atom stereocenters. The quantitative estimate of drug-likeness (QED) is 0.589. The summed E-state index contributed by atoms with van der Waals surface area (Å²) in [4.78, 5) is 11.7. The zero-order valence-electron chi connectivity index (χ0n) is 12.6. The number of ether oxygens (including phenoxy) is 1. The van der Waals surface area contributed by atoms with Gasteiger partial charge in [0.15, 0.2) is 0 Å². The molecule has 0 heterocycles. The number of nitrogens with two attached hydrogens (primary N) is 1. The Morgan fingerprint density at radius 3 is 2.83 bits per heavy atom. The molecule has 0 bridgehead atoms. The fourth-order valence-electron chi connectivity index (χ4n) is 1.57. The summed E-state index contributed by atoms with van der Waals surface area (Å²) in [5.41, 5.74) is 5.72. The number of thioether (sulfide) groups is 1. The molecule has 0 aromatic heterocycles. The van der Waals surface area contributed by atoms with Crippen molar-refractivity contribution in [2.24, 2.45) is 5.73 Å². The molecule has 2 atom stereocenters. The van der Waals surface area contributed by atoms with E-state index in [0.717, 1.165) is 5.75 Å². The van der Waals surface area contributed by atoms with Gasteiger partial charge < -0.3 is 20.9 Å². The number of amides is 1. The molecule has 0 spiro atoms. The normalized spacial score (nSPS) is 12.9. The molecule has 1 aromatic rings. The van der Waals surface area contributed by atoms with Gasteiger partial charge in [0.05, 0.1) is 11.1 Å². The van der Waals surface area contributed by atoms with Gasteiger partial charge in [-0.25, -0.2) is 0 Å². The number of nitrogens with one attached hydrogen (secondary N) is 1. The SMILES string of the molecule is CSCC[C@H](N)C(=O)NCC(O)COc1cccc(Cl)c1Cl.Cl. The number of carbonyl (C=O) groups excluding carboxylic acids is 1. The van der Waals surface area contributed by atoms with E-state index in [0.29, 0.717) is 22.2 Å². The maximum absolute atomic E-state index is 11.7. The molecule has 4 N–H and O–H groups in total. The largest absolute Gasteiger partial charge is 0.489 e. The van der Waals surface area contributed by atoms with Gasteiger partial charge in [-0.05, 0) is 30.6 Å². The topological polar surface area (TPSA) is 84.6 Å². The summed E-state index contributed by atoms with van der Waals surface area (Å²) in [6.07, 6.45) is 1.68. The predicted octanol–water partition coefficient (Wildman–Crippen LogP) is 2.35. The smallest absolute Gasteiger partial charge is 0.237 e. The first kappa shape index (κ1) is 22.6. The van der Waals surface area contributed by atoms with Gasteiger partial charge in [0.25, 0.3) is 0 Å². The highest BCUT2D eigenvalue weighted by atomic mass is 35.5. The Labute approximate surface area is 156 Å². The maximum Gasteiger partial charge on any atom is 0.237 e. The Balaban J connectivity index is 0.00000484. The fraction of sp³-hybridized carbons (Fsp3) is 0.500. The number of aliphatic hydroxyl groups excluding tert-OH is 1. The Morgan fingerprint density at radius 2 is 2.17 bits per heavy atom. The Bertz CT molecular complexity index is 494. The van der Waals surface area contributed by atoms with Crippen LogP contribution in [0.5, 0.6) is 5.75 Å². The molecule has 1 amide bonds. The first-order valence-electron chi connectivity index (χ1n) is 6.72. The van der Waals surface area contributed by atoms with Crippen LogP contribution in [0.2, 0.25) is 10.0 Å². The van der Waals surface area contributed by atoms with Crippen LogP contribution in [0.25, 0.3) is 0 Å². The zero-order valence-corrected chi connectivity index (χ0v) is 15.8. The van der Waals surface area contributed by atoms with E-state index in [1.54, 1.807) is 30.0 Å². The molecule has 0 radical (unpaired) electrons. The van der Waals surface area contributed by atoms with Crippen molar-refractivity contribution >= 4 is 53.3 Å². The van der Waals surface area contributed by atoms with Gasteiger partial charge in [-0.3, -0.25) is 4.79 Å². The minimum atomic E-state index is -0.869. The molecular formula is C14H21Cl3N2O3S. The monoisotopic (exact) mass is 402 g/mol.